The van der Waals surface area contributed by atoms with Crippen LogP contribution in [0, 0.1) is 13.8 Å². The molecule has 0 aliphatic carbocycles. The molecule has 0 saturated carbocycles. The molecule has 0 fully saturated rings. The van der Waals surface area contributed by atoms with E-state index in [0.717, 1.165) is 33.9 Å². The lowest BCUT2D eigenvalue weighted by Crippen LogP contribution is -2.05. The van der Waals surface area contributed by atoms with Crippen molar-refractivity contribution >= 4 is 22.8 Å². The van der Waals surface area contributed by atoms with Gasteiger partial charge in [-0.3, -0.25) is 9.98 Å². The molecule has 0 saturated heterocycles. The van der Waals surface area contributed by atoms with Crippen molar-refractivity contribution in [1.82, 2.24) is 0 Å². The molecule has 0 spiro atoms. The van der Waals surface area contributed by atoms with E-state index in [1.807, 2.05) is 26.0 Å². The van der Waals surface area contributed by atoms with E-state index in [2.05, 4.69) is 98.8 Å². The number of nitrogens with zero attached hydrogens (tertiary/aromatic N) is 2. The van der Waals surface area contributed by atoms with Crippen molar-refractivity contribution in [2.45, 2.75) is 27.7 Å². The van der Waals surface area contributed by atoms with E-state index < -0.39 is 0 Å². The zero-order valence-electron chi connectivity index (χ0n) is 19.1. The molecule has 0 radical (unpaired) electrons. The predicted octanol–water partition coefficient (Wildman–Crippen LogP) is 8.52. The van der Waals surface area contributed by atoms with Crippen LogP contribution in [0.4, 0.5) is 11.4 Å². The molecule has 4 aromatic rings. The summed E-state index contributed by atoms with van der Waals surface area (Å²) in [7, 11) is 0. The molecule has 0 heterocycles. The van der Waals surface area contributed by atoms with E-state index in [9.17, 15) is 0 Å². The first-order chi connectivity index (χ1) is 15.5. The van der Waals surface area contributed by atoms with Gasteiger partial charge in [0.25, 0.3) is 0 Å². The van der Waals surface area contributed by atoms with Gasteiger partial charge in [-0.05, 0) is 85.3 Å². The van der Waals surface area contributed by atoms with Crippen molar-refractivity contribution in [1.29, 1.82) is 0 Å². The second kappa shape index (κ2) is 9.57. The number of aliphatic imine (C=N–C) groups is 2. The minimum Gasteiger partial charge on any atom is -0.252 e. The van der Waals surface area contributed by atoms with Gasteiger partial charge in [-0.25, -0.2) is 0 Å². The molecule has 0 bridgehead atoms. The highest BCUT2D eigenvalue weighted by Gasteiger charge is 2.06. The smallest absolute Gasteiger partial charge is 0.0663 e. The van der Waals surface area contributed by atoms with E-state index >= 15 is 0 Å². The second-order valence-corrected chi connectivity index (χ2v) is 8.13. The maximum Gasteiger partial charge on any atom is 0.0663 e. The summed E-state index contributed by atoms with van der Waals surface area (Å²) >= 11 is 0. The van der Waals surface area contributed by atoms with Gasteiger partial charge in [0.2, 0.25) is 0 Å². The minimum absolute atomic E-state index is 0.923. The topological polar surface area (TPSA) is 24.7 Å². The molecule has 32 heavy (non-hydrogen) atoms. The Kier molecular flexibility index (Phi) is 6.42. The van der Waals surface area contributed by atoms with Crippen LogP contribution in [0.15, 0.2) is 107 Å². The molecular weight excluding hydrogens is 388 g/mol. The van der Waals surface area contributed by atoms with Crippen molar-refractivity contribution in [2.24, 2.45) is 9.98 Å². The molecule has 0 N–H and O–H groups in total. The van der Waals surface area contributed by atoms with Gasteiger partial charge >= 0.3 is 0 Å². The normalized spacial score (nSPS) is 12.1. The number of hydrogen-bond acceptors (Lipinski definition) is 2. The lowest BCUT2D eigenvalue weighted by atomic mass is 10.0. The standard InChI is InChI=1S/C30H28N2/c1-21-19-27(25-11-7-5-8-12-25)15-17-29(21)31-23(3)24(4)32-30-18-16-28(20-22(30)2)26-13-9-6-10-14-26/h5-20H,1-4H3. The Labute approximate surface area is 191 Å². The number of benzene rings is 4. The number of aryl methyl sites for hydroxylation is 2. The first-order valence-corrected chi connectivity index (χ1v) is 10.9. The summed E-state index contributed by atoms with van der Waals surface area (Å²) in [6.07, 6.45) is 0. The van der Waals surface area contributed by atoms with Crippen LogP contribution in [0.5, 0.6) is 0 Å². The van der Waals surface area contributed by atoms with Gasteiger partial charge in [0.1, 0.15) is 0 Å². The fourth-order valence-corrected chi connectivity index (χ4v) is 3.71. The average Bonchev–Trinajstić information content (AvgIpc) is 2.82. The van der Waals surface area contributed by atoms with Crippen molar-refractivity contribution in [3.63, 3.8) is 0 Å². The van der Waals surface area contributed by atoms with E-state index in [1.165, 1.54) is 22.3 Å². The fraction of sp³-hybridized carbons (Fsp3) is 0.133. The van der Waals surface area contributed by atoms with Crippen LogP contribution in [0.25, 0.3) is 22.3 Å². The third kappa shape index (κ3) is 4.92. The third-order valence-electron chi connectivity index (χ3n) is 5.71. The largest absolute Gasteiger partial charge is 0.252 e. The van der Waals surface area contributed by atoms with Crippen molar-refractivity contribution in [3.8, 4) is 22.3 Å². The molecule has 2 nitrogen and oxygen atoms in total. The molecule has 2 heteroatoms. The van der Waals surface area contributed by atoms with Crippen LogP contribution in [0.2, 0.25) is 0 Å². The molecule has 4 aromatic carbocycles. The first kappa shape index (κ1) is 21.5. The van der Waals surface area contributed by atoms with E-state index in [1.54, 1.807) is 0 Å². The van der Waals surface area contributed by atoms with Crippen molar-refractivity contribution in [3.05, 3.63) is 108 Å². The van der Waals surface area contributed by atoms with Gasteiger partial charge in [-0.1, -0.05) is 72.8 Å². The van der Waals surface area contributed by atoms with Crippen LogP contribution in [-0.2, 0) is 0 Å². The van der Waals surface area contributed by atoms with Gasteiger partial charge in [-0.15, -0.1) is 0 Å². The molecule has 0 unspecified atom stereocenters. The van der Waals surface area contributed by atoms with Gasteiger partial charge in [-0.2, -0.15) is 0 Å². The van der Waals surface area contributed by atoms with Crippen LogP contribution in [0.3, 0.4) is 0 Å². The van der Waals surface area contributed by atoms with Crippen LogP contribution < -0.4 is 0 Å². The maximum atomic E-state index is 4.87. The van der Waals surface area contributed by atoms with E-state index in [-0.39, 0.29) is 0 Å². The Morgan fingerprint density at radius 1 is 0.469 bits per heavy atom. The summed E-state index contributed by atoms with van der Waals surface area (Å²) in [6.45, 7) is 8.27. The zero-order chi connectivity index (χ0) is 22.5. The highest BCUT2D eigenvalue weighted by Crippen LogP contribution is 2.28. The molecular formula is C30H28N2. The molecule has 158 valence electrons. The van der Waals surface area contributed by atoms with Gasteiger partial charge < -0.3 is 0 Å². The molecule has 0 aliphatic rings. The van der Waals surface area contributed by atoms with Crippen LogP contribution >= 0.6 is 0 Å². The predicted molar refractivity (Wildman–Crippen MR) is 139 cm³/mol. The zero-order valence-corrected chi connectivity index (χ0v) is 19.1. The molecule has 0 amide bonds. The van der Waals surface area contributed by atoms with Crippen molar-refractivity contribution in [2.75, 3.05) is 0 Å². The van der Waals surface area contributed by atoms with Crippen LogP contribution in [-0.4, -0.2) is 11.4 Å². The van der Waals surface area contributed by atoms with E-state index in [0.29, 0.717) is 0 Å². The summed E-state index contributed by atoms with van der Waals surface area (Å²) in [5, 5.41) is 0. The lowest BCUT2D eigenvalue weighted by molar-refractivity contribution is 1.38. The highest BCUT2D eigenvalue weighted by molar-refractivity contribution is 6.41. The second-order valence-electron chi connectivity index (χ2n) is 8.13. The maximum absolute atomic E-state index is 4.87. The summed E-state index contributed by atoms with van der Waals surface area (Å²) < 4.78 is 0. The van der Waals surface area contributed by atoms with Crippen LogP contribution in [0.1, 0.15) is 25.0 Å². The van der Waals surface area contributed by atoms with Gasteiger partial charge in [0.05, 0.1) is 22.8 Å². The third-order valence-corrected chi connectivity index (χ3v) is 5.71. The summed E-state index contributed by atoms with van der Waals surface area (Å²) in [5.74, 6) is 0. The highest BCUT2D eigenvalue weighted by atomic mass is 14.8. The summed E-state index contributed by atoms with van der Waals surface area (Å²) in [6, 6.07) is 33.7. The molecule has 0 aliphatic heterocycles. The Morgan fingerprint density at radius 3 is 1.19 bits per heavy atom. The SMILES string of the molecule is CC(=Nc1ccc(-c2ccccc2)cc1C)C(C)=Nc1ccc(-c2ccccc2)cc1C. The summed E-state index contributed by atoms with van der Waals surface area (Å²) in [4.78, 5) is 9.74. The van der Waals surface area contributed by atoms with Crippen molar-refractivity contribution < 1.29 is 0 Å². The fourth-order valence-electron chi connectivity index (χ4n) is 3.71. The monoisotopic (exact) mass is 416 g/mol. The lowest BCUT2D eigenvalue weighted by Gasteiger charge is -2.09. The Hall–Kier alpha value is -3.78. The molecule has 0 aromatic heterocycles. The number of hydrogen-bond donors (Lipinski definition) is 0. The summed E-state index contributed by atoms with van der Waals surface area (Å²) in [5.41, 5.74) is 11.0. The average molecular weight is 417 g/mol. The number of rotatable bonds is 5. The quantitative estimate of drug-likeness (QED) is 0.291. The first-order valence-electron chi connectivity index (χ1n) is 10.9. The van der Waals surface area contributed by atoms with E-state index in [4.69, 9.17) is 9.98 Å². The Morgan fingerprint density at radius 2 is 0.844 bits per heavy atom. The Balaban J connectivity index is 1.57. The van der Waals surface area contributed by atoms with Gasteiger partial charge in [0, 0.05) is 0 Å². The van der Waals surface area contributed by atoms with Gasteiger partial charge in [0.15, 0.2) is 0 Å². The molecule has 4 rings (SSSR count). The Bertz CT molecular complexity index is 1180. The minimum atomic E-state index is 0.923. The molecule has 0 atom stereocenters.